The van der Waals surface area contributed by atoms with E-state index in [1.807, 2.05) is 39.3 Å². The van der Waals surface area contributed by atoms with Crippen LogP contribution in [0.1, 0.15) is 27.7 Å². The van der Waals surface area contributed by atoms with E-state index in [0.717, 1.165) is 0 Å². The first kappa shape index (κ1) is 43.7. The molecule has 0 aromatic heterocycles. The van der Waals surface area contributed by atoms with Crippen molar-refractivity contribution in [2.75, 3.05) is 0 Å². The zero-order chi connectivity index (χ0) is 34.5. The number of hydrogen-bond donors (Lipinski definition) is 0. The predicted octanol–water partition coefficient (Wildman–Crippen LogP) is 8.63. The minimum Gasteiger partial charge on any atom is -0.492 e. The average molecular weight is 747 g/mol. The standard InChI is InChI=1S/C26H66O9Si8/c1-21-26(27)28-43(22-24(2)3,23-25(4)5)35-42(19,20)34-41(17,18)33-40(15,16)32-39(13,14)31-38(11,12)30-37(9,10)29-36(6,7)8/h21,24-25H,1,22-23H2,2-20H3. The van der Waals surface area contributed by atoms with Gasteiger partial charge in [0.05, 0.1) is 0 Å². The minimum atomic E-state index is -2.96. The Balaban J connectivity index is 5.81. The molecule has 0 atom stereocenters. The van der Waals surface area contributed by atoms with Crippen molar-refractivity contribution in [1.29, 1.82) is 0 Å². The van der Waals surface area contributed by atoms with Gasteiger partial charge in [0.25, 0.3) is 0 Å². The van der Waals surface area contributed by atoms with Crippen molar-refractivity contribution < 1.29 is 38.0 Å². The van der Waals surface area contributed by atoms with E-state index < -0.39 is 74.2 Å². The second-order valence-electron chi connectivity index (χ2n) is 16.0. The molecular formula is C26H66O9Si8. The fourth-order valence-corrected chi connectivity index (χ4v) is 46.5. The summed E-state index contributed by atoms with van der Waals surface area (Å²) >= 11 is 0. The number of carbonyl (C=O) groups is 1. The summed E-state index contributed by atoms with van der Waals surface area (Å²) in [6.45, 7) is 43.3. The first-order valence-corrected chi connectivity index (χ1v) is 38.0. The molecule has 0 aromatic carbocycles. The third-order valence-electron chi connectivity index (χ3n) is 5.33. The molecule has 0 heterocycles. The molecule has 0 aliphatic heterocycles. The molecule has 0 fully saturated rings. The highest BCUT2D eigenvalue weighted by Gasteiger charge is 2.52. The van der Waals surface area contributed by atoms with Gasteiger partial charge in [-0.25, -0.2) is 4.79 Å². The van der Waals surface area contributed by atoms with Crippen molar-refractivity contribution in [1.82, 2.24) is 0 Å². The van der Waals surface area contributed by atoms with E-state index in [0.29, 0.717) is 23.9 Å². The van der Waals surface area contributed by atoms with E-state index in [9.17, 15) is 4.79 Å². The Morgan fingerprint density at radius 2 is 0.767 bits per heavy atom. The van der Waals surface area contributed by atoms with Crippen molar-refractivity contribution in [3.63, 3.8) is 0 Å². The van der Waals surface area contributed by atoms with Gasteiger partial charge in [0.2, 0.25) is 0 Å². The van der Waals surface area contributed by atoms with Crippen molar-refractivity contribution in [2.45, 2.75) is 138 Å². The van der Waals surface area contributed by atoms with Crippen molar-refractivity contribution >= 4 is 74.2 Å². The van der Waals surface area contributed by atoms with Crippen LogP contribution < -0.4 is 0 Å². The maximum absolute atomic E-state index is 12.5. The van der Waals surface area contributed by atoms with Crippen LogP contribution in [0.5, 0.6) is 0 Å². The summed E-state index contributed by atoms with van der Waals surface area (Å²) in [7, 11) is -20.6. The molecule has 0 unspecified atom stereocenters. The predicted molar refractivity (Wildman–Crippen MR) is 197 cm³/mol. The number of rotatable bonds is 20. The monoisotopic (exact) mass is 746 g/mol. The van der Waals surface area contributed by atoms with Gasteiger partial charge in [-0.05, 0) is 110 Å². The third kappa shape index (κ3) is 19.8. The molecule has 0 amide bonds. The Kier molecular flexibility index (Phi) is 16.0. The Labute approximate surface area is 273 Å². The molecule has 0 saturated heterocycles. The van der Waals surface area contributed by atoms with Gasteiger partial charge in [0.1, 0.15) is 0 Å². The van der Waals surface area contributed by atoms with Crippen LogP contribution in [0.2, 0.25) is 110 Å². The average Bonchev–Trinajstić information content (AvgIpc) is 2.57. The quantitative estimate of drug-likeness (QED) is 0.0897. The summed E-state index contributed by atoms with van der Waals surface area (Å²) in [5.74, 6) is 0.162. The van der Waals surface area contributed by atoms with Crippen molar-refractivity contribution in [3.8, 4) is 0 Å². The Hall–Kier alpha value is 0.665. The highest BCUT2D eigenvalue weighted by molar-refractivity contribution is 6.92. The van der Waals surface area contributed by atoms with Gasteiger partial charge in [-0.15, -0.1) is 0 Å². The van der Waals surface area contributed by atoms with Crippen molar-refractivity contribution in [2.24, 2.45) is 11.8 Å². The second kappa shape index (κ2) is 15.7. The van der Waals surface area contributed by atoms with Crippen LogP contribution in [0.15, 0.2) is 12.7 Å². The van der Waals surface area contributed by atoms with Gasteiger partial charge in [-0.3, -0.25) is 0 Å². The Morgan fingerprint density at radius 1 is 0.512 bits per heavy atom. The SMILES string of the molecule is C=CC(=O)O[Si](CC(C)C)(CC(C)C)O[Si](C)(C)O[Si](C)(C)O[Si](C)(C)O[Si](C)(C)O[Si](C)(C)O[Si](C)(C)O[Si](C)(C)C. The molecule has 0 bridgehead atoms. The Bertz CT molecular complexity index is 907. The van der Waals surface area contributed by atoms with Crippen LogP contribution in [-0.2, 0) is 38.0 Å². The minimum absolute atomic E-state index is 0.299. The lowest BCUT2D eigenvalue weighted by molar-refractivity contribution is -0.130. The highest BCUT2D eigenvalue weighted by atomic mass is 28.5. The maximum Gasteiger partial charge on any atom is 0.393 e. The molecule has 0 rings (SSSR count). The molecular weight excluding hydrogens is 681 g/mol. The first-order valence-electron chi connectivity index (χ1n) is 15.5. The molecule has 0 aliphatic rings. The van der Waals surface area contributed by atoms with Gasteiger partial charge in [-0.2, -0.15) is 0 Å². The fourth-order valence-electron chi connectivity index (χ4n) is 6.01. The van der Waals surface area contributed by atoms with Gasteiger partial charge < -0.3 is 33.2 Å². The molecule has 0 aliphatic carbocycles. The molecule has 0 saturated carbocycles. The Morgan fingerprint density at radius 3 is 1.00 bits per heavy atom. The van der Waals surface area contributed by atoms with Gasteiger partial charge >= 0.3 is 65.9 Å². The third-order valence-corrected chi connectivity index (χ3v) is 36.3. The van der Waals surface area contributed by atoms with Crippen LogP contribution in [0, 0.1) is 11.8 Å². The zero-order valence-corrected chi connectivity index (χ0v) is 39.0. The molecule has 43 heavy (non-hydrogen) atoms. The number of carbonyl (C=O) groups excluding carboxylic acids is 1. The molecule has 9 nitrogen and oxygen atoms in total. The first-order chi connectivity index (χ1) is 18.7. The molecule has 256 valence electrons. The van der Waals surface area contributed by atoms with E-state index >= 15 is 0 Å². The summed E-state index contributed by atoms with van der Waals surface area (Å²) in [6.07, 6.45) is 1.22. The number of hydrogen-bond acceptors (Lipinski definition) is 9. The molecule has 0 spiro atoms. The van der Waals surface area contributed by atoms with E-state index in [1.165, 1.54) is 6.08 Å². The highest BCUT2D eigenvalue weighted by Crippen LogP contribution is 2.34. The molecule has 17 heteroatoms. The van der Waals surface area contributed by atoms with E-state index in [-0.39, 0.29) is 0 Å². The molecule has 0 N–H and O–H groups in total. The van der Waals surface area contributed by atoms with Gasteiger partial charge in [0, 0.05) is 18.2 Å². The van der Waals surface area contributed by atoms with E-state index in [4.69, 9.17) is 33.2 Å². The summed E-state index contributed by atoms with van der Waals surface area (Å²) in [6, 6.07) is 1.39. The van der Waals surface area contributed by atoms with Crippen molar-refractivity contribution in [3.05, 3.63) is 12.7 Å². The lowest BCUT2D eigenvalue weighted by Crippen LogP contribution is -2.62. The van der Waals surface area contributed by atoms with Crippen LogP contribution in [0.25, 0.3) is 0 Å². The van der Waals surface area contributed by atoms with E-state index in [1.54, 1.807) is 0 Å². The zero-order valence-electron chi connectivity index (χ0n) is 31.0. The fraction of sp³-hybridized carbons (Fsp3) is 0.885. The topological polar surface area (TPSA) is 90.9 Å². The van der Waals surface area contributed by atoms with Gasteiger partial charge in [0.15, 0.2) is 8.32 Å². The summed E-state index contributed by atoms with van der Waals surface area (Å²) in [4.78, 5) is 12.5. The van der Waals surface area contributed by atoms with Gasteiger partial charge in [-0.1, -0.05) is 34.3 Å². The normalized spacial score (nSPS) is 14.9. The van der Waals surface area contributed by atoms with E-state index in [2.05, 4.69) is 93.2 Å². The largest absolute Gasteiger partial charge is 0.492 e. The summed E-state index contributed by atoms with van der Waals surface area (Å²) in [5, 5.41) is 0. The summed E-state index contributed by atoms with van der Waals surface area (Å²) in [5.41, 5.74) is 0. The van der Waals surface area contributed by atoms with Crippen LogP contribution in [0.3, 0.4) is 0 Å². The molecule has 0 radical (unpaired) electrons. The second-order valence-corrected chi connectivity index (χ2v) is 45.5. The van der Waals surface area contributed by atoms with Crippen LogP contribution >= 0.6 is 0 Å². The van der Waals surface area contributed by atoms with Crippen LogP contribution in [-0.4, -0.2) is 74.2 Å². The lowest BCUT2D eigenvalue weighted by atomic mass is 10.3. The maximum atomic E-state index is 12.5. The van der Waals surface area contributed by atoms with Crippen LogP contribution in [0.4, 0.5) is 0 Å². The molecule has 0 aromatic rings. The summed E-state index contributed by atoms with van der Waals surface area (Å²) < 4.78 is 52.9. The lowest BCUT2D eigenvalue weighted by Gasteiger charge is -2.44. The smallest absolute Gasteiger partial charge is 0.393 e.